The van der Waals surface area contributed by atoms with Crippen LogP contribution in [0.2, 0.25) is 0 Å². The van der Waals surface area contributed by atoms with Gasteiger partial charge in [0, 0.05) is 16.8 Å². The second-order valence-corrected chi connectivity index (χ2v) is 4.43. The summed E-state index contributed by atoms with van der Waals surface area (Å²) >= 11 is 1.45. The third-order valence-electron chi connectivity index (χ3n) is 2.20. The first-order valence-electron chi connectivity index (χ1n) is 5.08. The van der Waals surface area contributed by atoms with E-state index in [1.165, 1.54) is 17.8 Å². The minimum absolute atomic E-state index is 0.191. The number of thioether (sulfide) groups is 1. The normalized spacial score (nSPS) is 10.2. The van der Waals surface area contributed by atoms with Crippen molar-refractivity contribution in [2.75, 3.05) is 5.43 Å². The van der Waals surface area contributed by atoms with Crippen LogP contribution in [0.1, 0.15) is 5.56 Å². The molecular formula is C12H12FN3S. The number of hydrazine groups is 1. The van der Waals surface area contributed by atoms with Crippen molar-refractivity contribution in [3.05, 3.63) is 54.0 Å². The predicted molar refractivity (Wildman–Crippen MR) is 68.0 cm³/mol. The van der Waals surface area contributed by atoms with E-state index >= 15 is 0 Å². The Kier molecular flexibility index (Phi) is 3.95. The molecule has 5 heteroatoms. The lowest BCUT2D eigenvalue weighted by molar-refractivity contribution is 0.602. The quantitative estimate of drug-likeness (QED) is 0.497. The van der Waals surface area contributed by atoms with Crippen molar-refractivity contribution >= 4 is 17.6 Å². The third-order valence-corrected chi connectivity index (χ3v) is 3.32. The number of rotatable bonds is 4. The van der Waals surface area contributed by atoms with Crippen LogP contribution < -0.4 is 11.3 Å². The fraction of sp³-hybridized carbons (Fsp3) is 0.0833. The highest BCUT2D eigenvalue weighted by atomic mass is 32.2. The van der Waals surface area contributed by atoms with Crippen LogP contribution in [0.4, 0.5) is 10.2 Å². The van der Waals surface area contributed by atoms with Crippen LogP contribution in [-0.4, -0.2) is 4.98 Å². The summed E-state index contributed by atoms with van der Waals surface area (Å²) in [6, 6.07) is 10.5. The molecular weight excluding hydrogens is 237 g/mol. The molecule has 17 heavy (non-hydrogen) atoms. The Hall–Kier alpha value is -1.59. The van der Waals surface area contributed by atoms with Crippen LogP contribution in [0.15, 0.2) is 47.5 Å². The number of aromatic nitrogens is 1. The first-order valence-corrected chi connectivity index (χ1v) is 6.07. The summed E-state index contributed by atoms with van der Waals surface area (Å²) in [5.74, 6) is 6.37. The molecule has 0 unspecified atom stereocenters. The van der Waals surface area contributed by atoms with E-state index in [4.69, 9.17) is 5.84 Å². The fourth-order valence-corrected chi connectivity index (χ4v) is 2.25. The zero-order valence-electron chi connectivity index (χ0n) is 9.06. The Morgan fingerprint density at radius 3 is 2.88 bits per heavy atom. The molecule has 2 rings (SSSR count). The van der Waals surface area contributed by atoms with Crippen molar-refractivity contribution in [2.45, 2.75) is 10.6 Å². The third kappa shape index (κ3) is 3.18. The molecule has 0 amide bonds. The molecule has 0 atom stereocenters. The standard InChI is InChI=1S/C12H12FN3S/c13-10-3-1-2-4-11(10)17-8-9-5-6-15-12(7-9)16-14/h1-7H,8,14H2,(H,15,16). The predicted octanol–water partition coefficient (Wildman–Crippen LogP) is 2.80. The lowest BCUT2D eigenvalue weighted by atomic mass is 10.3. The molecule has 3 N–H and O–H groups in total. The topological polar surface area (TPSA) is 50.9 Å². The monoisotopic (exact) mass is 249 g/mol. The van der Waals surface area contributed by atoms with E-state index in [1.54, 1.807) is 18.3 Å². The van der Waals surface area contributed by atoms with Crippen LogP contribution in [0.3, 0.4) is 0 Å². The molecule has 0 aliphatic rings. The van der Waals surface area contributed by atoms with Crippen molar-refractivity contribution < 1.29 is 4.39 Å². The van der Waals surface area contributed by atoms with Gasteiger partial charge in [-0.25, -0.2) is 15.2 Å². The van der Waals surface area contributed by atoms with Crippen molar-refractivity contribution in [1.29, 1.82) is 0 Å². The summed E-state index contributed by atoms with van der Waals surface area (Å²) < 4.78 is 13.4. The van der Waals surface area contributed by atoms with E-state index in [-0.39, 0.29) is 5.82 Å². The Labute approximate surface area is 103 Å². The van der Waals surface area contributed by atoms with Crippen LogP contribution in [-0.2, 0) is 5.75 Å². The van der Waals surface area contributed by atoms with E-state index in [0.717, 1.165) is 5.56 Å². The minimum Gasteiger partial charge on any atom is -0.308 e. The highest BCUT2D eigenvalue weighted by Crippen LogP contribution is 2.25. The van der Waals surface area contributed by atoms with Crippen molar-refractivity contribution in [2.24, 2.45) is 5.84 Å². The Morgan fingerprint density at radius 2 is 2.12 bits per heavy atom. The second kappa shape index (κ2) is 5.65. The number of benzene rings is 1. The second-order valence-electron chi connectivity index (χ2n) is 3.41. The van der Waals surface area contributed by atoms with Gasteiger partial charge in [-0.15, -0.1) is 11.8 Å². The van der Waals surface area contributed by atoms with E-state index in [0.29, 0.717) is 16.5 Å². The first kappa shape index (κ1) is 11.9. The Bertz CT molecular complexity index is 505. The smallest absolute Gasteiger partial charge is 0.140 e. The van der Waals surface area contributed by atoms with Gasteiger partial charge in [0.2, 0.25) is 0 Å². The van der Waals surface area contributed by atoms with E-state index in [1.807, 2.05) is 18.2 Å². The molecule has 0 radical (unpaired) electrons. The maximum absolute atomic E-state index is 13.4. The molecule has 1 heterocycles. The van der Waals surface area contributed by atoms with Crippen LogP contribution in [0.5, 0.6) is 0 Å². The van der Waals surface area contributed by atoms with Crippen LogP contribution >= 0.6 is 11.8 Å². The van der Waals surface area contributed by atoms with Gasteiger partial charge in [-0.3, -0.25) is 0 Å². The number of pyridine rings is 1. The van der Waals surface area contributed by atoms with E-state index < -0.39 is 0 Å². The highest BCUT2D eigenvalue weighted by molar-refractivity contribution is 7.98. The number of hydrogen-bond acceptors (Lipinski definition) is 4. The molecule has 3 nitrogen and oxygen atoms in total. The number of anilines is 1. The zero-order valence-corrected chi connectivity index (χ0v) is 9.88. The van der Waals surface area contributed by atoms with Crippen molar-refractivity contribution in [3.63, 3.8) is 0 Å². The van der Waals surface area contributed by atoms with Gasteiger partial charge in [0.15, 0.2) is 0 Å². The molecule has 0 saturated carbocycles. The average Bonchev–Trinajstić information content (AvgIpc) is 2.38. The SMILES string of the molecule is NNc1cc(CSc2ccccc2F)ccn1. The van der Waals surface area contributed by atoms with Crippen molar-refractivity contribution in [1.82, 2.24) is 4.98 Å². The summed E-state index contributed by atoms with van der Waals surface area (Å²) in [5.41, 5.74) is 3.53. The highest BCUT2D eigenvalue weighted by Gasteiger charge is 2.02. The van der Waals surface area contributed by atoms with Crippen LogP contribution in [0.25, 0.3) is 0 Å². The number of nitrogens with two attached hydrogens (primary N) is 1. The molecule has 0 bridgehead atoms. The Morgan fingerprint density at radius 1 is 1.29 bits per heavy atom. The molecule has 0 fully saturated rings. The lowest BCUT2D eigenvalue weighted by Gasteiger charge is -2.04. The fourth-order valence-electron chi connectivity index (χ4n) is 1.37. The summed E-state index contributed by atoms with van der Waals surface area (Å²) in [6.07, 6.45) is 1.67. The molecule has 2 aromatic rings. The van der Waals surface area contributed by atoms with Gasteiger partial charge in [-0.1, -0.05) is 12.1 Å². The zero-order chi connectivity index (χ0) is 12.1. The molecule has 88 valence electrons. The van der Waals surface area contributed by atoms with Crippen molar-refractivity contribution in [3.8, 4) is 0 Å². The number of nitrogens with zero attached hydrogens (tertiary/aromatic N) is 1. The molecule has 1 aromatic heterocycles. The average molecular weight is 249 g/mol. The summed E-state index contributed by atoms with van der Waals surface area (Å²) in [7, 11) is 0. The number of nitrogen functional groups attached to an aromatic ring is 1. The maximum Gasteiger partial charge on any atom is 0.140 e. The lowest BCUT2D eigenvalue weighted by Crippen LogP contribution is -2.08. The maximum atomic E-state index is 13.4. The first-order chi connectivity index (χ1) is 8.29. The molecule has 0 saturated heterocycles. The Balaban J connectivity index is 2.05. The summed E-state index contributed by atoms with van der Waals surface area (Å²) in [6.45, 7) is 0. The van der Waals surface area contributed by atoms with Gasteiger partial charge in [0.05, 0.1) is 0 Å². The molecule has 0 aliphatic carbocycles. The van der Waals surface area contributed by atoms with E-state index in [2.05, 4.69) is 10.4 Å². The van der Waals surface area contributed by atoms with Gasteiger partial charge < -0.3 is 5.43 Å². The number of halogens is 1. The van der Waals surface area contributed by atoms with Gasteiger partial charge in [0.1, 0.15) is 11.6 Å². The summed E-state index contributed by atoms with van der Waals surface area (Å²) in [5, 5.41) is 0. The van der Waals surface area contributed by atoms with Gasteiger partial charge in [-0.2, -0.15) is 0 Å². The minimum atomic E-state index is -0.191. The molecule has 0 spiro atoms. The molecule has 1 aromatic carbocycles. The number of nitrogens with one attached hydrogen (secondary N) is 1. The van der Waals surface area contributed by atoms with Gasteiger partial charge in [0.25, 0.3) is 0 Å². The van der Waals surface area contributed by atoms with Gasteiger partial charge in [-0.05, 0) is 29.8 Å². The van der Waals surface area contributed by atoms with Crippen LogP contribution in [0, 0.1) is 5.82 Å². The number of hydrogen-bond donors (Lipinski definition) is 2. The summed E-state index contributed by atoms with van der Waals surface area (Å²) in [4.78, 5) is 4.66. The molecule has 0 aliphatic heterocycles. The largest absolute Gasteiger partial charge is 0.308 e. The van der Waals surface area contributed by atoms with E-state index in [9.17, 15) is 4.39 Å². The van der Waals surface area contributed by atoms with Gasteiger partial charge >= 0.3 is 0 Å².